The molecule has 2 aromatic carbocycles. The van der Waals surface area contributed by atoms with Crippen molar-refractivity contribution in [1.82, 2.24) is 9.97 Å². The lowest BCUT2D eigenvalue weighted by atomic mass is 10.1. The molecule has 0 unspecified atom stereocenters. The van der Waals surface area contributed by atoms with E-state index in [1.54, 1.807) is 6.20 Å². The number of benzene rings is 2. The Balaban J connectivity index is 1.55. The highest BCUT2D eigenvalue weighted by Crippen LogP contribution is 2.23. The van der Waals surface area contributed by atoms with E-state index in [2.05, 4.69) is 70.0 Å². The molecule has 23 heavy (non-hydrogen) atoms. The third kappa shape index (κ3) is 2.81. The number of para-hydroxylation sites is 1. The fraction of sp³-hybridized carbons (Fsp3) is 0.0500. The summed E-state index contributed by atoms with van der Waals surface area (Å²) in [5.41, 5.74) is 5.85. The Morgan fingerprint density at radius 3 is 2.74 bits per heavy atom. The summed E-state index contributed by atoms with van der Waals surface area (Å²) in [6.07, 6.45) is 5.75. The van der Waals surface area contributed by atoms with Gasteiger partial charge in [0.25, 0.3) is 0 Å². The van der Waals surface area contributed by atoms with Gasteiger partial charge in [-0.1, -0.05) is 36.4 Å². The summed E-state index contributed by atoms with van der Waals surface area (Å²) in [6.45, 7) is 0.792. The maximum atomic E-state index is 4.19. The number of pyridine rings is 1. The first-order chi connectivity index (χ1) is 11.4. The Hall–Kier alpha value is -3.07. The molecule has 0 aliphatic carbocycles. The Morgan fingerprint density at radius 2 is 1.83 bits per heavy atom. The average molecular weight is 299 g/mol. The van der Waals surface area contributed by atoms with Gasteiger partial charge in [-0.2, -0.15) is 0 Å². The third-order valence-electron chi connectivity index (χ3n) is 4.02. The minimum Gasteiger partial charge on any atom is -0.381 e. The fourth-order valence-corrected chi connectivity index (χ4v) is 2.82. The van der Waals surface area contributed by atoms with Crippen LogP contribution in [0, 0.1) is 0 Å². The summed E-state index contributed by atoms with van der Waals surface area (Å²) in [5.74, 6) is 0. The zero-order chi connectivity index (χ0) is 15.5. The van der Waals surface area contributed by atoms with Gasteiger partial charge >= 0.3 is 0 Å². The highest BCUT2D eigenvalue weighted by Gasteiger charge is 2.03. The molecule has 2 aromatic heterocycles. The molecule has 0 spiro atoms. The Labute approximate surface area is 135 Å². The van der Waals surface area contributed by atoms with Crippen LogP contribution >= 0.6 is 0 Å². The van der Waals surface area contributed by atoms with Crippen molar-refractivity contribution in [1.29, 1.82) is 0 Å². The number of H-pyrrole nitrogens is 1. The van der Waals surface area contributed by atoms with Gasteiger partial charge in [-0.3, -0.25) is 4.98 Å². The van der Waals surface area contributed by atoms with E-state index in [0.29, 0.717) is 0 Å². The van der Waals surface area contributed by atoms with Crippen LogP contribution in [0.2, 0.25) is 0 Å². The number of nitrogens with one attached hydrogen (secondary N) is 2. The van der Waals surface area contributed by atoms with Gasteiger partial charge in [-0.25, -0.2) is 0 Å². The van der Waals surface area contributed by atoms with E-state index in [-0.39, 0.29) is 0 Å². The molecular formula is C20H17N3. The summed E-state index contributed by atoms with van der Waals surface area (Å²) < 4.78 is 0. The molecule has 4 rings (SSSR count). The van der Waals surface area contributed by atoms with Crippen LogP contribution in [0.15, 0.2) is 79.3 Å². The molecule has 0 bridgehead atoms. The molecule has 0 atom stereocenters. The molecule has 2 N–H and O–H groups in total. The molecular weight excluding hydrogens is 282 g/mol. The number of hydrogen-bond donors (Lipinski definition) is 2. The van der Waals surface area contributed by atoms with Crippen LogP contribution in [0.3, 0.4) is 0 Å². The number of nitrogens with zero attached hydrogens (tertiary/aromatic N) is 1. The van der Waals surface area contributed by atoms with E-state index < -0.39 is 0 Å². The lowest BCUT2D eigenvalue weighted by Crippen LogP contribution is -1.98. The summed E-state index contributed by atoms with van der Waals surface area (Å²) in [4.78, 5) is 7.50. The van der Waals surface area contributed by atoms with Gasteiger partial charge in [0.15, 0.2) is 0 Å². The Kier molecular flexibility index (Phi) is 3.53. The highest BCUT2D eigenvalue weighted by molar-refractivity contribution is 5.83. The van der Waals surface area contributed by atoms with Crippen molar-refractivity contribution in [2.75, 3.05) is 5.32 Å². The first kappa shape index (κ1) is 13.6. The number of anilines is 1. The van der Waals surface area contributed by atoms with E-state index in [1.807, 2.05) is 18.3 Å². The van der Waals surface area contributed by atoms with E-state index >= 15 is 0 Å². The van der Waals surface area contributed by atoms with Gasteiger partial charge in [-0.15, -0.1) is 0 Å². The lowest BCUT2D eigenvalue weighted by molar-refractivity contribution is 1.16. The second-order valence-electron chi connectivity index (χ2n) is 5.54. The SMILES string of the molecule is c1cncc(-c2cccc(NCc3c[nH]c4ccccc34)c2)c1. The maximum absolute atomic E-state index is 4.19. The number of aromatic nitrogens is 2. The smallest absolute Gasteiger partial charge is 0.0457 e. The first-order valence-electron chi connectivity index (χ1n) is 7.69. The minimum absolute atomic E-state index is 0.792. The van der Waals surface area contributed by atoms with Gasteiger partial charge < -0.3 is 10.3 Å². The zero-order valence-corrected chi connectivity index (χ0v) is 12.7. The lowest BCUT2D eigenvalue weighted by Gasteiger charge is -2.08. The quantitative estimate of drug-likeness (QED) is 0.566. The molecule has 2 heterocycles. The van der Waals surface area contributed by atoms with Crippen LogP contribution in [0.1, 0.15) is 5.56 Å². The second-order valence-corrected chi connectivity index (χ2v) is 5.54. The molecule has 3 heteroatoms. The largest absolute Gasteiger partial charge is 0.381 e. The molecule has 0 aliphatic rings. The van der Waals surface area contributed by atoms with Crippen molar-refractivity contribution in [2.45, 2.75) is 6.54 Å². The van der Waals surface area contributed by atoms with Crippen LogP contribution in [-0.2, 0) is 6.54 Å². The van der Waals surface area contributed by atoms with E-state index in [0.717, 1.165) is 17.8 Å². The molecule has 0 saturated carbocycles. The minimum atomic E-state index is 0.792. The average Bonchev–Trinajstić information content (AvgIpc) is 3.04. The summed E-state index contributed by atoms with van der Waals surface area (Å²) in [6, 6.07) is 20.8. The molecule has 0 amide bonds. The first-order valence-corrected chi connectivity index (χ1v) is 7.69. The summed E-state index contributed by atoms with van der Waals surface area (Å²) >= 11 is 0. The number of fused-ring (bicyclic) bond motifs is 1. The molecule has 3 nitrogen and oxygen atoms in total. The molecule has 0 radical (unpaired) electrons. The molecule has 0 saturated heterocycles. The summed E-state index contributed by atoms with van der Waals surface area (Å²) in [5, 5.41) is 4.78. The normalized spacial score (nSPS) is 10.8. The highest BCUT2D eigenvalue weighted by atomic mass is 14.9. The molecule has 0 fully saturated rings. The zero-order valence-electron chi connectivity index (χ0n) is 12.7. The van der Waals surface area contributed by atoms with Crippen molar-refractivity contribution in [3.05, 3.63) is 84.8 Å². The number of hydrogen-bond acceptors (Lipinski definition) is 2. The maximum Gasteiger partial charge on any atom is 0.0457 e. The topological polar surface area (TPSA) is 40.7 Å². The van der Waals surface area contributed by atoms with Gasteiger partial charge in [0.2, 0.25) is 0 Å². The second kappa shape index (κ2) is 5.97. The van der Waals surface area contributed by atoms with Crippen LogP contribution in [0.4, 0.5) is 5.69 Å². The molecule has 0 aliphatic heterocycles. The van der Waals surface area contributed by atoms with E-state index in [4.69, 9.17) is 0 Å². The van der Waals surface area contributed by atoms with Crippen molar-refractivity contribution >= 4 is 16.6 Å². The standard InChI is InChI=1S/C20H17N3/c1-2-9-20-19(8-1)17(14-23-20)13-22-18-7-3-5-15(11-18)16-6-4-10-21-12-16/h1-12,14,22-23H,13H2. The van der Waals surface area contributed by atoms with Gasteiger partial charge in [0.1, 0.15) is 0 Å². The molecule has 4 aromatic rings. The summed E-state index contributed by atoms with van der Waals surface area (Å²) in [7, 11) is 0. The fourth-order valence-electron chi connectivity index (χ4n) is 2.82. The van der Waals surface area contributed by atoms with Crippen molar-refractivity contribution < 1.29 is 0 Å². The predicted molar refractivity (Wildman–Crippen MR) is 95.3 cm³/mol. The van der Waals surface area contributed by atoms with Gasteiger partial charge in [0.05, 0.1) is 0 Å². The van der Waals surface area contributed by atoms with Gasteiger partial charge in [0, 0.05) is 47.3 Å². The van der Waals surface area contributed by atoms with E-state index in [9.17, 15) is 0 Å². The van der Waals surface area contributed by atoms with Crippen LogP contribution in [0.5, 0.6) is 0 Å². The van der Waals surface area contributed by atoms with E-state index in [1.165, 1.54) is 22.0 Å². The van der Waals surface area contributed by atoms with Crippen LogP contribution < -0.4 is 5.32 Å². The van der Waals surface area contributed by atoms with Gasteiger partial charge in [-0.05, 0) is 35.4 Å². The third-order valence-corrected chi connectivity index (χ3v) is 4.02. The van der Waals surface area contributed by atoms with Crippen molar-refractivity contribution in [2.24, 2.45) is 0 Å². The molecule has 112 valence electrons. The monoisotopic (exact) mass is 299 g/mol. The van der Waals surface area contributed by atoms with Crippen LogP contribution in [0.25, 0.3) is 22.0 Å². The van der Waals surface area contributed by atoms with Crippen LogP contribution in [-0.4, -0.2) is 9.97 Å². The van der Waals surface area contributed by atoms with Crippen molar-refractivity contribution in [3.8, 4) is 11.1 Å². The predicted octanol–water partition coefficient (Wildman–Crippen LogP) is 4.84. The number of rotatable bonds is 4. The Bertz CT molecular complexity index is 926. The number of aromatic amines is 1. The Morgan fingerprint density at radius 1 is 0.913 bits per heavy atom. The van der Waals surface area contributed by atoms with Crippen molar-refractivity contribution in [3.63, 3.8) is 0 Å².